The highest BCUT2D eigenvalue weighted by atomic mass is 16.2. The number of carbonyl (C=O) groups is 1. The fourth-order valence-electron chi connectivity index (χ4n) is 2.21. The highest BCUT2D eigenvalue weighted by Crippen LogP contribution is 2.23. The fourth-order valence-corrected chi connectivity index (χ4v) is 2.21. The van der Waals surface area contributed by atoms with Gasteiger partial charge in [0.05, 0.1) is 35.6 Å². The van der Waals surface area contributed by atoms with Gasteiger partial charge in [-0.15, -0.1) is 0 Å². The average Bonchev–Trinajstić information content (AvgIpc) is 2.93. The van der Waals surface area contributed by atoms with Crippen LogP contribution in [0.3, 0.4) is 0 Å². The van der Waals surface area contributed by atoms with Crippen molar-refractivity contribution in [1.82, 2.24) is 20.0 Å². The third kappa shape index (κ3) is 2.64. The lowest BCUT2D eigenvalue weighted by atomic mass is 10.1. The van der Waals surface area contributed by atoms with Crippen LogP contribution in [0.15, 0.2) is 48.0 Å². The number of fused-ring (bicyclic) bond motifs is 1. The Balaban J connectivity index is 2.14. The minimum atomic E-state index is -0.707. The van der Waals surface area contributed by atoms with Gasteiger partial charge in [-0.25, -0.2) is 20.2 Å². The van der Waals surface area contributed by atoms with Crippen molar-refractivity contribution in [3.8, 4) is 11.4 Å². The van der Waals surface area contributed by atoms with E-state index in [0.29, 0.717) is 0 Å². The van der Waals surface area contributed by atoms with E-state index in [0.717, 1.165) is 27.9 Å². The Labute approximate surface area is 126 Å². The van der Waals surface area contributed by atoms with E-state index in [9.17, 15) is 4.79 Å². The quantitative estimate of drug-likeness (QED) is 0.567. The summed E-state index contributed by atoms with van der Waals surface area (Å²) in [6.07, 6.45) is 5.02. The number of aromatic nitrogens is 3. The average molecular weight is 294 g/mol. The van der Waals surface area contributed by atoms with Crippen LogP contribution in [0, 0.1) is 0 Å². The van der Waals surface area contributed by atoms with Crippen molar-refractivity contribution in [3.63, 3.8) is 0 Å². The van der Waals surface area contributed by atoms with Gasteiger partial charge < -0.3 is 10.3 Å². The molecule has 0 fully saturated rings. The van der Waals surface area contributed by atoms with Crippen molar-refractivity contribution in [1.29, 1.82) is 0 Å². The van der Waals surface area contributed by atoms with Gasteiger partial charge in [-0.3, -0.25) is 0 Å². The maximum Gasteiger partial charge on any atom is 0.332 e. The molecular weight excluding hydrogens is 280 g/mol. The molecule has 0 unspecified atom stereocenters. The van der Waals surface area contributed by atoms with Gasteiger partial charge in [-0.2, -0.15) is 5.10 Å². The summed E-state index contributed by atoms with van der Waals surface area (Å²) in [5.41, 5.74) is 10.5. The third-order valence-corrected chi connectivity index (χ3v) is 3.21. The molecule has 0 radical (unpaired) electrons. The van der Waals surface area contributed by atoms with E-state index in [2.05, 4.69) is 20.5 Å². The number of primary amides is 1. The van der Waals surface area contributed by atoms with Gasteiger partial charge in [0.1, 0.15) is 0 Å². The second kappa shape index (κ2) is 5.65. The number of imidazole rings is 1. The lowest BCUT2D eigenvalue weighted by Gasteiger charge is -2.07. The van der Waals surface area contributed by atoms with Gasteiger partial charge in [0.15, 0.2) is 0 Å². The van der Waals surface area contributed by atoms with E-state index in [-0.39, 0.29) is 0 Å². The summed E-state index contributed by atoms with van der Waals surface area (Å²) in [5.74, 6) is 0. The highest BCUT2D eigenvalue weighted by Gasteiger charge is 2.08. The molecule has 22 heavy (non-hydrogen) atoms. The van der Waals surface area contributed by atoms with Crippen molar-refractivity contribution in [3.05, 3.63) is 48.4 Å². The summed E-state index contributed by atoms with van der Waals surface area (Å²) in [7, 11) is 1.90. The molecule has 3 aromatic rings. The summed E-state index contributed by atoms with van der Waals surface area (Å²) in [5, 5.41) is 4.77. The zero-order chi connectivity index (χ0) is 15.5. The van der Waals surface area contributed by atoms with Gasteiger partial charge in [-0.1, -0.05) is 18.2 Å². The zero-order valence-corrected chi connectivity index (χ0v) is 11.9. The fraction of sp³-hybridized carbons (Fsp3) is 0.0667. The number of benzene rings is 1. The maximum atomic E-state index is 10.7. The molecule has 2 aromatic heterocycles. The highest BCUT2D eigenvalue weighted by molar-refractivity contribution is 5.99. The van der Waals surface area contributed by atoms with Gasteiger partial charge >= 0.3 is 6.03 Å². The molecule has 0 spiro atoms. The second-order valence-corrected chi connectivity index (χ2v) is 4.74. The number of pyridine rings is 1. The third-order valence-electron chi connectivity index (χ3n) is 3.21. The lowest BCUT2D eigenvalue weighted by molar-refractivity contribution is 0.249. The van der Waals surface area contributed by atoms with Gasteiger partial charge in [0.25, 0.3) is 0 Å². The minimum absolute atomic E-state index is 0.707. The van der Waals surface area contributed by atoms with Gasteiger partial charge in [0.2, 0.25) is 0 Å². The van der Waals surface area contributed by atoms with Crippen molar-refractivity contribution in [2.75, 3.05) is 0 Å². The summed E-state index contributed by atoms with van der Waals surface area (Å²) in [6.45, 7) is 0. The molecule has 7 nitrogen and oxygen atoms in total. The number of carbonyl (C=O) groups excluding carboxylic acids is 1. The first-order valence-electron chi connectivity index (χ1n) is 6.60. The summed E-state index contributed by atoms with van der Waals surface area (Å²) < 4.78 is 1.89. The Kier molecular flexibility index (Phi) is 3.53. The topological polar surface area (TPSA) is 98.2 Å². The van der Waals surface area contributed by atoms with Crippen molar-refractivity contribution >= 4 is 23.1 Å². The largest absolute Gasteiger partial charge is 0.350 e. The Morgan fingerprint density at radius 2 is 2.23 bits per heavy atom. The SMILES string of the molecule is Cn1cncc1-c1cc(C=NNC(N)=O)c2ccccc2n1. The number of amides is 2. The standard InChI is InChI=1S/C15H14N6O/c1-21-9-17-8-14(21)13-6-10(7-18-20-15(16)22)11-4-2-3-5-12(11)19-13/h2-9H,1H3,(H3,16,20,22). The van der Waals surface area contributed by atoms with Crippen LogP contribution in [-0.4, -0.2) is 26.8 Å². The van der Waals surface area contributed by atoms with Gasteiger partial charge in [0, 0.05) is 18.0 Å². The van der Waals surface area contributed by atoms with E-state index in [1.165, 1.54) is 0 Å². The van der Waals surface area contributed by atoms with E-state index in [1.54, 1.807) is 18.7 Å². The number of urea groups is 1. The number of para-hydroxylation sites is 1. The Morgan fingerprint density at radius 1 is 1.41 bits per heavy atom. The van der Waals surface area contributed by atoms with Crippen LogP contribution in [0.5, 0.6) is 0 Å². The molecule has 0 saturated carbocycles. The van der Waals surface area contributed by atoms with E-state index in [4.69, 9.17) is 5.73 Å². The van der Waals surface area contributed by atoms with Crippen LogP contribution in [0.25, 0.3) is 22.3 Å². The smallest absolute Gasteiger partial charge is 0.332 e. The van der Waals surface area contributed by atoms with Crippen LogP contribution < -0.4 is 11.2 Å². The second-order valence-electron chi connectivity index (χ2n) is 4.74. The molecule has 0 aliphatic carbocycles. The molecule has 2 amide bonds. The van der Waals surface area contributed by atoms with Crippen molar-refractivity contribution in [2.24, 2.45) is 17.9 Å². The number of nitrogens with two attached hydrogens (primary N) is 1. The van der Waals surface area contributed by atoms with Crippen LogP contribution >= 0.6 is 0 Å². The molecular formula is C15H14N6O. The maximum absolute atomic E-state index is 10.7. The molecule has 0 aliphatic heterocycles. The number of hydrazone groups is 1. The number of rotatable bonds is 3. The van der Waals surface area contributed by atoms with Crippen LogP contribution in [0.1, 0.15) is 5.56 Å². The predicted molar refractivity (Wildman–Crippen MR) is 84.3 cm³/mol. The molecule has 0 bridgehead atoms. The molecule has 1 aromatic carbocycles. The summed E-state index contributed by atoms with van der Waals surface area (Å²) in [4.78, 5) is 19.5. The molecule has 0 aliphatic rings. The number of aryl methyl sites for hydroxylation is 1. The van der Waals surface area contributed by atoms with Crippen molar-refractivity contribution < 1.29 is 4.79 Å². The first-order valence-corrected chi connectivity index (χ1v) is 6.60. The first kappa shape index (κ1) is 13.7. The molecule has 3 rings (SSSR count). The molecule has 0 saturated heterocycles. The predicted octanol–water partition coefficient (Wildman–Crippen LogP) is 1.64. The molecule has 2 heterocycles. The molecule has 7 heteroatoms. The number of hydrogen-bond donors (Lipinski definition) is 2. The minimum Gasteiger partial charge on any atom is -0.350 e. The Bertz CT molecular complexity index is 867. The van der Waals surface area contributed by atoms with Crippen molar-refractivity contribution in [2.45, 2.75) is 0 Å². The molecule has 110 valence electrons. The molecule has 0 atom stereocenters. The van der Waals surface area contributed by atoms with E-state index < -0.39 is 6.03 Å². The Hall–Kier alpha value is -3.22. The summed E-state index contributed by atoms with van der Waals surface area (Å²) in [6, 6.07) is 8.90. The first-order chi connectivity index (χ1) is 10.6. The number of hydrogen-bond acceptors (Lipinski definition) is 4. The van der Waals surface area contributed by atoms with Crippen LogP contribution in [0.2, 0.25) is 0 Å². The van der Waals surface area contributed by atoms with Crippen LogP contribution in [-0.2, 0) is 7.05 Å². The normalized spacial score (nSPS) is 11.1. The van der Waals surface area contributed by atoms with Crippen LogP contribution in [0.4, 0.5) is 4.79 Å². The monoisotopic (exact) mass is 294 g/mol. The lowest BCUT2D eigenvalue weighted by Crippen LogP contribution is -2.24. The Morgan fingerprint density at radius 3 is 2.95 bits per heavy atom. The van der Waals surface area contributed by atoms with E-state index in [1.807, 2.05) is 41.9 Å². The molecule has 3 N–H and O–H groups in total. The summed E-state index contributed by atoms with van der Waals surface area (Å²) >= 11 is 0. The zero-order valence-electron chi connectivity index (χ0n) is 11.9. The number of nitrogens with zero attached hydrogens (tertiary/aromatic N) is 4. The van der Waals surface area contributed by atoms with E-state index >= 15 is 0 Å². The van der Waals surface area contributed by atoms with Gasteiger partial charge in [-0.05, 0) is 12.1 Å². The number of nitrogens with one attached hydrogen (secondary N) is 1.